The molecular formula is C19H20ClN3O3. The minimum atomic E-state index is -0.442. The van der Waals surface area contributed by atoms with Gasteiger partial charge in [0, 0.05) is 36.8 Å². The number of non-ortho nitro benzene ring substituents is 1. The molecule has 1 aliphatic rings. The SMILES string of the molecule is Cc1cc([N+](=O)[O-])cc(Cl)c1N1CCC(C(=O)Nc2ccccc2)CC1. The molecule has 1 aliphatic heterocycles. The molecule has 26 heavy (non-hydrogen) atoms. The topological polar surface area (TPSA) is 75.5 Å². The molecular weight excluding hydrogens is 354 g/mol. The van der Waals surface area contributed by atoms with E-state index >= 15 is 0 Å². The van der Waals surface area contributed by atoms with Gasteiger partial charge in [0.05, 0.1) is 15.6 Å². The average molecular weight is 374 g/mol. The molecule has 2 aromatic rings. The van der Waals surface area contributed by atoms with Crippen molar-refractivity contribution in [2.45, 2.75) is 19.8 Å². The normalized spacial score (nSPS) is 14.9. The molecule has 0 aliphatic carbocycles. The van der Waals surface area contributed by atoms with Gasteiger partial charge in [0.1, 0.15) is 0 Å². The van der Waals surface area contributed by atoms with Crippen molar-refractivity contribution < 1.29 is 9.72 Å². The van der Waals surface area contributed by atoms with Crippen molar-refractivity contribution >= 4 is 34.6 Å². The monoisotopic (exact) mass is 373 g/mol. The van der Waals surface area contributed by atoms with Gasteiger partial charge in [-0.1, -0.05) is 29.8 Å². The molecule has 0 spiro atoms. The number of amides is 1. The number of halogens is 1. The van der Waals surface area contributed by atoms with E-state index in [1.807, 2.05) is 37.3 Å². The van der Waals surface area contributed by atoms with Crippen LogP contribution >= 0.6 is 11.6 Å². The van der Waals surface area contributed by atoms with E-state index in [0.717, 1.165) is 16.9 Å². The van der Waals surface area contributed by atoms with Crippen LogP contribution < -0.4 is 10.2 Å². The predicted octanol–water partition coefficient (Wildman–Crippen LogP) is 4.41. The van der Waals surface area contributed by atoms with Crippen molar-refractivity contribution in [2.24, 2.45) is 5.92 Å². The molecule has 0 radical (unpaired) electrons. The molecule has 6 nitrogen and oxygen atoms in total. The number of para-hydroxylation sites is 1. The first-order chi connectivity index (χ1) is 12.5. The van der Waals surface area contributed by atoms with E-state index in [1.165, 1.54) is 12.1 Å². The molecule has 3 rings (SSSR count). The quantitative estimate of drug-likeness (QED) is 0.636. The first kappa shape index (κ1) is 18.2. The van der Waals surface area contributed by atoms with Crippen LogP contribution in [0.15, 0.2) is 42.5 Å². The Kier molecular flexibility index (Phi) is 5.42. The van der Waals surface area contributed by atoms with Crippen LogP contribution in [0.1, 0.15) is 18.4 Å². The predicted molar refractivity (Wildman–Crippen MR) is 103 cm³/mol. The van der Waals surface area contributed by atoms with E-state index in [2.05, 4.69) is 10.2 Å². The molecule has 1 saturated heterocycles. The Morgan fingerprint density at radius 2 is 1.88 bits per heavy atom. The lowest BCUT2D eigenvalue weighted by atomic mass is 9.95. The van der Waals surface area contributed by atoms with E-state index in [1.54, 1.807) is 0 Å². The standard InChI is InChI=1S/C19H20ClN3O3/c1-13-11-16(23(25)26)12-17(20)18(13)22-9-7-14(8-10-22)19(24)21-15-5-3-2-4-6-15/h2-6,11-12,14H,7-10H2,1H3,(H,21,24). The van der Waals surface area contributed by atoms with Crippen molar-refractivity contribution in [1.82, 2.24) is 0 Å². The van der Waals surface area contributed by atoms with Crippen molar-refractivity contribution in [2.75, 3.05) is 23.3 Å². The molecule has 0 bridgehead atoms. The molecule has 136 valence electrons. The minimum absolute atomic E-state index is 0.00613. The van der Waals surface area contributed by atoms with Crippen LogP contribution in [-0.4, -0.2) is 23.9 Å². The lowest BCUT2D eigenvalue weighted by Gasteiger charge is -2.34. The lowest BCUT2D eigenvalue weighted by Crippen LogP contribution is -2.38. The summed E-state index contributed by atoms with van der Waals surface area (Å²) in [6, 6.07) is 12.3. The third kappa shape index (κ3) is 3.96. The molecule has 2 aromatic carbocycles. The lowest BCUT2D eigenvalue weighted by molar-refractivity contribution is -0.384. The summed E-state index contributed by atoms with van der Waals surface area (Å²) in [6.45, 7) is 3.19. The number of benzene rings is 2. The summed E-state index contributed by atoms with van der Waals surface area (Å²) in [4.78, 5) is 25.0. The summed E-state index contributed by atoms with van der Waals surface area (Å²) in [5.41, 5.74) is 2.39. The second-order valence-electron chi connectivity index (χ2n) is 6.47. The molecule has 7 heteroatoms. The summed E-state index contributed by atoms with van der Waals surface area (Å²) in [5, 5.41) is 14.3. The van der Waals surface area contributed by atoms with Crippen LogP contribution in [0.3, 0.4) is 0 Å². The third-order valence-electron chi connectivity index (χ3n) is 4.67. The molecule has 0 atom stereocenters. The average Bonchev–Trinajstić information content (AvgIpc) is 2.62. The van der Waals surface area contributed by atoms with Crippen molar-refractivity contribution in [3.05, 3.63) is 63.2 Å². The molecule has 0 unspecified atom stereocenters. The summed E-state index contributed by atoms with van der Waals surface area (Å²) < 4.78 is 0. The van der Waals surface area contributed by atoms with Gasteiger partial charge in [-0.25, -0.2) is 0 Å². The van der Waals surface area contributed by atoms with Crippen LogP contribution in [0.2, 0.25) is 5.02 Å². The van der Waals surface area contributed by atoms with Gasteiger partial charge < -0.3 is 10.2 Å². The van der Waals surface area contributed by atoms with Gasteiger partial charge in [0.2, 0.25) is 5.91 Å². The maximum Gasteiger partial charge on any atom is 0.271 e. The minimum Gasteiger partial charge on any atom is -0.370 e. The number of nitro benzene ring substituents is 1. The summed E-state index contributed by atoms with van der Waals surface area (Å²) in [7, 11) is 0. The van der Waals surface area contributed by atoms with Crippen molar-refractivity contribution in [3.63, 3.8) is 0 Å². The number of aryl methyl sites for hydroxylation is 1. The highest BCUT2D eigenvalue weighted by molar-refractivity contribution is 6.33. The molecule has 0 aromatic heterocycles. The highest BCUT2D eigenvalue weighted by atomic mass is 35.5. The smallest absolute Gasteiger partial charge is 0.271 e. The van der Waals surface area contributed by atoms with Gasteiger partial charge in [-0.05, 0) is 37.5 Å². The Bertz CT molecular complexity index is 795. The number of nitrogens with zero attached hydrogens (tertiary/aromatic N) is 2. The Morgan fingerprint density at radius 3 is 2.46 bits per heavy atom. The van der Waals surface area contributed by atoms with E-state index < -0.39 is 4.92 Å². The van der Waals surface area contributed by atoms with E-state index in [-0.39, 0.29) is 17.5 Å². The molecule has 1 heterocycles. The van der Waals surface area contributed by atoms with E-state index in [4.69, 9.17) is 11.6 Å². The third-order valence-corrected chi connectivity index (χ3v) is 4.96. The zero-order valence-corrected chi connectivity index (χ0v) is 15.2. The van der Waals surface area contributed by atoms with Crippen LogP contribution in [0, 0.1) is 23.0 Å². The number of nitrogens with one attached hydrogen (secondary N) is 1. The van der Waals surface area contributed by atoms with E-state index in [0.29, 0.717) is 31.0 Å². The van der Waals surface area contributed by atoms with Crippen molar-refractivity contribution in [3.8, 4) is 0 Å². The first-order valence-corrected chi connectivity index (χ1v) is 8.89. The number of hydrogen-bond donors (Lipinski definition) is 1. The Morgan fingerprint density at radius 1 is 1.23 bits per heavy atom. The summed E-state index contributed by atoms with van der Waals surface area (Å²) in [5.74, 6) is -0.0223. The van der Waals surface area contributed by atoms with Gasteiger partial charge >= 0.3 is 0 Å². The van der Waals surface area contributed by atoms with Gasteiger partial charge in [-0.2, -0.15) is 0 Å². The number of piperidine rings is 1. The number of carbonyl (C=O) groups is 1. The highest BCUT2D eigenvalue weighted by Crippen LogP contribution is 2.36. The van der Waals surface area contributed by atoms with Gasteiger partial charge in [-0.3, -0.25) is 14.9 Å². The number of rotatable bonds is 4. The van der Waals surface area contributed by atoms with Crippen LogP contribution in [0.25, 0.3) is 0 Å². The Balaban J connectivity index is 1.65. The Labute approximate surface area is 156 Å². The number of hydrogen-bond acceptors (Lipinski definition) is 4. The summed E-state index contributed by atoms with van der Waals surface area (Å²) >= 11 is 6.29. The van der Waals surface area contributed by atoms with Gasteiger partial charge in [-0.15, -0.1) is 0 Å². The van der Waals surface area contributed by atoms with Gasteiger partial charge in [0.15, 0.2) is 0 Å². The molecule has 1 fully saturated rings. The van der Waals surface area contributed by atoms with Crippen LogP contribution in [0.4, 0.5) is 17.1 Å². The van der Waals surface area contributed by atoms with Gasteiger partial charge in [0.25, 0.3) is 5.69 Å². The number of anilines is 2. The highest BCUT2D eigenvalue weighted by Gasteiger charge is 2.27. The zero-order chi connectivity index (χ0) is 18.7. The fourth-order valence-corrected chi connectivity index (χ4v) is 3.74. The molecule has 1 N–H and O–H groups in total. The van der Waals surface area contributed by atoms with Crippen LogP contribution in [0.5, 0.6) is 0 Å². The maximum atomic E-state index is 12.4. The zero-order valence-electron chi connectivity index (χ0n) is 14.4. The number of carbonyl (C=O) groups excluding carboxylic acids is 1. The second-order valence-corrected chi connectivity index (χ2v) is 6.87. The Hall–Kier alpha value is -2.60. The first-order valence-electron chi connectivity index (χ1n) is 8.51. The maximum absolute atomic E-state index is 12.4. The largest absolute Gasteiger partial charge is 0.370 e. The fourth-order valence-electron chi connectivity index (χ4n) is 3.36. The number of nitro groups is 1. The fraction of sp³-hybridized carbons (Fsp3) is 0.316. The van der Waals surface area contributed by atoms with E-state index in [9.17, 15) is 14.9 Å². The molecule has 1 amide bonds. The summed E-state index contributed by atoms with van der Waals surface area (Å²) in [6.07, 6.45) is 1.43. The second kappa shape index (κ2) is 7.74. The van der Waals surface area contributed by atoms with Crippen LogP contribution in [-0.2, 0) is 4.79 Å². The van der Waals surface area contributed by atoms with Crippen molar-refractivity contribution in [1.29, 1.82) is 0 Å². The molecule has 0 saturated carbocycles.